The first kappa shape index (κ1) is 13.8. The van der Waals surface area contributed by atoms with Gasteiger partial charge in [0.1, 0.15) is 9.54 Å². The molecule has 0 spiro atoms. The van der Waals surface area contributed by atoms with Gasteiger partial charge in [-0.2, -0.15) is 0 Å². The highest BCUT2D eigenvalue weighted by atomic mass is 32.2. The second-order valence-corrected chi connectivity index (χ2v) is 6.82. The maximum absolute atomic E-state index is 12.4. The standard InChI is InChI=1S/C14H13N3O2S2/c1-9-7-16-14-11(9)3-2-4-12(14)17-21(18,19)10-5-6-13(20)15-8-10/h2-8,16-17H,1H3,(H,15,20). The summed E-state index contributed by atoms with van der Waals surface area (Å²) in [6, 6.07) is 8.50. The molecule has 0 radical (unpaired) electrons. The molecule has 0 amide bonds. The smallest absolute Gasteiger partial charge is 0.263 e. The molecule has 108 valence electrons. The second-order valence-electron chi connectivity index (χ2n) is 4.69. The van der Waals surface area contributed by atoms with Crippen molar-refractivity contribution in [3.05, 3.63) is 52.9 Å². The van der Waals surface area contributed by atoms with Gasteiger partial charge in [-0.15, -0.1) is 0 Å². The Bertz CT molecular complexity index is 951. The average Bonchev–Trinajstić information content (AvgIpc) is 2.82. The molecule has 2 heterocycles. The third-order valence-corrected chi connectivity index (χ3v) is 4.85. The fraction of sp³-hybridized carbons (Fsp3) is 0.0714. The lowest BCUT2D eigenvalue weighted by atomic mass is 10.2. The van der Waals surface area contributed by atoms with Crippen LogP contribution in [0.2, 0.25) is 0 Å². The third kappa shape index (κ3) is 2.57. The van der Waals surface area contributed by atoms with Gasteiger partial charge in [0.25, 0.3) is 10.0 Å². The Morgan fingerprint density at radius 2 is 1.90 bits per heavy atom. The number of hydrogen-bond acceptors (Lipinski definition) is 3. The predicted molar refractivity (Wildman–Crippen MR) is 85.5 cm³/mol. The molecule has 0 atom stereocenters. The molecule has 3 aromatic rings. The van der Waals surface area contributed by atoms with Gasteiger partial charge in [-0.25, -0.2) is 8.42 Å². The number of H-pyrrole nitrogens is 2. The Balaban J connectivity index is 2.05. The van der Waals surface area contributed by atoms with E-state index in [2.05, 4.69) is 14.7 Å². The summed E-state index contributed by atoms with van der Waals surface area (Å²) in [5, 5.41) is 0.989. The molecule has 5 nitrogen and oxygen atoms in total. The van der Waals surface area contributed by atoms with Crippen LogP contribution in [0.25, 0.3) is 10.9 Å². The van der Waals surface area contributed by atoms with Crippen molar-refractivity contribution in [1.82, 2.24) is 9.97 Å². The maximum atomic E-state index is 12.4. The van der Waals surface area contributed by atoms with Gasteiger partial charge in [-0.1, -0.05) is 24.4 Å². The monoisotopic (exact) mass is 319 g/mol. The fourth-order valence-electron chi connectivity index (χ4n) is 2.15. The largest absolute Gasteiger partial charge is 0.359 e. The minimum atomic E-state index is -3.66. The minimum Gasteiger partial charge on any atom is -0.359 e. The highest BCUT2D eigenvalue weighted by Crippen LogP contribution is 2.26. The highest BCUT2D eigenvalue weighted by Gasteiger charge is 2.16. The number of rotatable bonds is 3. The molecular weight excluding hydrogens is 306 g/mol. The number of aromatic nitrogens is 2. The molecule has 0 fully saturated rings. The van der Waals surface area contributed by atoms with Crippen LogP contribution in [0.4, 0.5) is 5.69 Å². The Morgan fingerprint density at radius 3 is 2.62 bits per heavy atom. The number of benzene rings is 1. The van der Waals surface area contributed by atoms with Gasteiger partial charge in [0.2, 0.25) is 0 Å². The van der Waals surface area contributed by atoms with Gasteiger partial charge in [0, 0.05) is 17.8 Å². The van der Waals surface area contributed by atoms with Crippen molar-refractivity contribution in [3.8, 4) is 0 Å². The van der Waals surface area contributed by atoms with E-state index in [-0.39, 0.29) is 4.90 Å². The van der Waals surface area contributed by atoms with Crippen LogP contribution in [-0.2, 0) is 10.0 Å². The van der Waals surface area contributed by atoms with E-state index in [0.29, 0.717) is 10.3 Å². The van der Waals surface area contributed by atoms with Crippen molar-refractivity contribution in [2.24, 2.45) is 0 Å². The normalized spacial score (nSPS) is 11.7. The van der Waals surface area contributed by atoms with E-state index < -0.39 is 10.0 Å². The molecule has 2 aromatic heterocycles. The summed E-state index contributed by atoms with van der Waals surface area (Å²) >= 11 is 4.91. The van der Waals surface area contributed by atoms with Crippen molar-refractivity contribution in [1.29, 1.82) is 0 Å². The molecule has 0 saturated carbocycles. The molecule has 0 aliphatic carbocycles. The first-order valence-corrected chi connectivity index (χ1v) is 8.15. The number of nitrogens with one attached hydrogen (secondary N) is 3. The van der Waals surface area contributed by atoms with E-state index in [1.165, 1.54) is 12.3 Å². The van der Waals surface area contributed by atoms with E-state index in [4.69, 9.17) is 12.2 Å². The van der Waals surface area contributed by atoms with Crippen LogP contribution < -0.4 is 4.72 Å². The summed E-state index contributed by atoms with van der Waals surface area (Å²) in [4.78, 5) is 5.94. The van der Waals surface area contributed by atoms with Crippen LogP contribution in [0.3, 0.4) is 0 Å². The number of aryl methyl sites for hydroxylation is 1. The first-order valence-electron chi connectivity index (χ1n) is 6.26. The molecule has 3 N–H and O–H groups in total. The molecule has 0 saturated heterocycles. The topological polar surface area (TPSA) is 77.8 Å². The molecule has 0 unspecified atom stereocenters. The fourth-order valence-corrected chi connectivity index (χ4v) is 3.31. The van der Waals surface area contributed by atoms with Crippen molar-refractivity contribution < 1.29 is 8.42 Å². The van der Waals surface area contributed by atoms with Gasteiger partial charge in [0.15, 0.2) is 0 Å². The number of anilines is 1. The van der Waals surface area contributed by atoms with Crippen LogP contribution in [0, 0.1) is 11.6 Å². The predicted octanol–water partition coefficient (Wildman–Crippen LogP) is 3.33. The van der Waals surface area contributed by atoms with Gasteiger partial charge in [0.05, 0.1) is 11.2 Å². The molecule has 3 rings (SSSR count). The third-order valence-electron chi connectivity index (χ3n) is 3.23. The highest BCUT2D eigenvalue weighted by molar-refractivity contribution is 7.92. The molecule has 21 heavy (non-hydrogen) atoms. The van der Waals surface area contributed by atoms with Crippen molar-refractivity contribution in [2.75, 3.05) is 4.72 Å². The number of fused-ring (bicyclic) bond motifs is 1. The van der Waals surface area contributed by atoms with E-state index in [9.17, 15) is 8.42 Å². The Morgan fingerprint density at radius 1 is 1.10 bits per heavy atom. The van der Waals surface area contributed by atoms with Crippen molar-refractivity contribution >= 4 is 38.8 Å². The van der Waals surface area contributed by atoms with Crippen LogP contribution in [0.15, 0.2) is 47.6 Å². The van der Waals surface area contributed by atoms with Crippen LogP contribution in [0.1, 0.15) is 5.56 Å². The number of sulfonamides is 1. The summed E-state index contributed by atoms with van der Waals surface area (Å²) in [5.41, 5.74) is 2.35. The van der Waals surface area contributed by atoms with Gasteiger partial charge in [-0.3, -0.25) is 4.72 Å². The minimum absolute atomic E-state index is 0.136. The number of aromatic amines is 2. The second kappa shape index (κ2) is 5.01. The molecule has 7 heteroatoms. The lowest BCUT2D eigenvalue weighted by Crippen LogP contribution is -2.13. The SMILES string of the molecule is Cc1c[nH]c2c(NS(=O)(=O)c3ccc(=S)[nH]c3)cccc12. The molecular formula is C14H13N3O2S2. The Labute approximate surface area is 127 Å². The number of pyridine rings is 1. The van der Waals surface area contributed by atoms with E-state index >= 15 is 0 Å². The van der Waals surface area contributed by atoms with E-state index in [1.54, 1.807) is 12.1 Å². The van der Waals surface area contributed by atoms with Crippen molar-refractivity contribution in [2.45, 2.75) is 11.8 Å². The zero-order valence-electron chi connectivity index (χ0n) is 11.2. The number of para-hydroxylation sites is 1. The Hall–Kier alpha value is -2.12. The average molecular weight is 319 g/mol. The zero-order valence-corrected chi connectivity index (χ0v) is 12.8. The summed E-state index contributed by atoms with van der Waals surface area (Å²) in [6.07, 6.45) is 3.23. The molecule has 1 aromatic carbocycles. The molecule has 0 aliphatic rings. The Kier molecular flexibility index (Phi) is 3.30. The van der Waals surface area contributed by atoms with E-state index in [1.807, 2.05) is 25.3 Å². The summed E-state index contributed by atoms with van der Waals surface area (Å²) in [6.45, 7) is 1.97. The zero-order chi connectivity index (χ0) is 15.0. The molecule has 0 bridgehead atoms. The van der Waals surface area contributed by atoms with Crippen molar-refractivity contribution in [3.63, 3.8) is 0 Å². The summed E-state index contributed by atoms with van der Waals surface area (Å²) in [5.74, 6) is 0. The van der Waals surface area contributed by atoms with Gasteiger partial charge in [-0.05, 0) is 30.7 Å². The summed E-state index contributed by atoms with van der Waals surface area (Å²) < 4.78 is 27.8. The van der Waals surface area contributed by atoms with Crippen LogP contribution >= 0.6 is 12.2 Å². The van der Waals surface area contributed by atoms with Crippen LogP contribution in [-0.4, -0.2) is 18.4 Å². The number of hydrogen-bond donors (Lipinski definition) is 3. The van der Waals surface area contributed by atoms with Crippen LogP contribution in [0.5, 0.6) is 0 Å². The molecule has 0 aliphatic heterocycles. The first-order chi connectivity index (χ1) is 9.97. The lowest BCUT2D eigenvalue weighted by Gasteiger charge is -2.09. The van der Waals surface area contributed by atoms with Gasteiger partial charge < -0.3 is 9.97 Å². The summed E-state index contributed by atoms with van der Waals surface area (Å²) in [7, 11) is -3.66. The quantitative estimate of drug-likeness (QED) is 0.648. The maximum Gasteiger partial charge on any atom is 0.263 e. The lowest BCUT2D eigenvalue weighted by molar-refractivity contribution is 0.601. The van der Waals surface area contributed by atoms with E-state index in [0.717, 1.165) is 16.5 Å². The van der Waals surface area contributed by atoms with Gasteiger partial charge >= 0.3 is 0 Å².